The lowest BCUT2D eigenvalue weighted by Crippen LogP contribution is -2.46. The van der Waals surface area contributed by atoms with E-state index < -0.39 is 0 Å². The Morgan fingerprint density at radius 3 is 2.50 bits per heavy atom. The third-order valence-corrected chi connectivity index (χ3v) is 8.14. The summed E-state index contributed by atoms with van der Waals surface area (Å²) in [5, 5.41) is 4.50. The van der Waals surface area contributed by atoms with Gasteiger partial charge < -0.3 is 24.7 Å². The monoisotopic (exact) mass is 518 g/mol. The lowest BCUT2D eigenvalue weighted by molar-refractivity contribution is -0.130. The molecule has 0 saturated carbocycles. The number of H-pyrrole nitrogens is 1. The van der Waals surface area contributed by atoms with Gasteiger partial charge in [-0.1, -0.05) is 13.8 Å². The summed E-state index contributed by atoms with van der Waals surface area (Å²) in [5.74, 6) is 2.30. The van der Waals surface area contributed by atoms with Crippen LogP contribution in [0.1, 0.15) is 35.7 Å². The van der Waals surface area contributed by atoms with Crippen LogP contribution < -0.4 is 14.8 Å². The first-order chi connectivity index (χ1) is 18.2. The molecule has 2 aromatic carbocycles. The zero-order chi connectivity index (χ0) is 27.1. The van der Waals surface area contributed by atoms with Crippen LogP contribution in [0.25, 0.3) is 22.2 Å². The number of methoxy groups -OCH3 is 2. The smallest absolute Gasteiger partial charge is 0.236 e. The van der Waals surface area contributed by atoms with Gasteiger partial charge >= 0.3 is 0 Å². The van der Waals surface area contributed by atoms with Crippen molar-refractivity contribution >= 4 is 22.6 Å². The van der Waals surface area contributed by atoms with Gasteiger partial charge in [-0.05, 0) is 66.3 Å². The Kier molecular flexibility index (Phi) is 7.20. The van der Waals surface area contributed by atoms with Gasteiger partial charge in [0.1, 0.15) is 0 Å². The Morgan fingerprint density at radius 2 is 1.82 bits per heavy atom. The molecule has 3 aromatic rings. The molecular weight excluding hydrogens is 480 g/mol. The molecule has 0 aliphatic carbocycles. The molecule has 2 saturated heterocycles. The van der Waals surface area contributed by atoms with Crippen LogP contribution in [-0.2, 0) is 4.79 Å². The number of nitrogens with zero attached hydrogens (tertiary/aromatic N) is 2. The molecule has 8 nitrogen and oxygen atoms in total. The van der Waals surface area contributed by atoms with E-state index in [4.69, 9.17) is 9.47 Å². The number of amides is 1. The van der Waals surface area contributed by atoms with E-state index in [0.29, 0.717) is 23.0 Å². The first-order valence-electron chi connectivity index (χ1n) is 13.3. The van der Waals surface area contributed by atoms with E-state index in [1.807, 2.05) is 36.4 Å². The van der Waals surface area contributed by atoms with Crippen molar-refractivity contribution in [1.82, 2.24) is 20.1 Å². The van der Waals surface area contributed by atoms with Crippen molar-refractivity contribution in [2.75, 3.05) is 54.5 Å². The molecule has 2 aliphatic rings. The molecule has 8 heteroatoms. The number of hydrogen-bond donors (Lipinski definition) is 2. The minimum atomic E-state index is -0.303. The lowest BCUT2D eigenvalue weighted by Gasteiger charge is -2.27. The molecule has 5 rings (SSSR count). The summed E-state index contributed by atoms with van der Waals surface area (Å²) in [5.41, 5.74) is 4.85. The van der Waals surface area contributed by atoms with Crippen LogP contribution in [0.5, 0.6) is 11.5 Å². The number of aromatic amines is 1. The van der Waals surface area contributed by atoms with E-state index >= 15 is 0 Å². The fourth-order valence-electron chi connectivity index (χ4n) is 6.20. The fourth-order valence-corrected chi connectivity index (χ4v) is 6.20. The quantitative estimate of drug-likeness (QED) is 0.442. The molecule has 38 heavy (non-hydrogen) atoms. The van der Waals surface area contributed by atoms with Crippen LogP contribution in [-0.4, -0.2) is 87.0 Å². The number of benzene rings is 2. The Labute approximate surface area is 224 Å². The Bertz CT molecular complexity index is 1360. The molecule has 3 atom stereocenters. The van der Waals surface area contributed by atoms with Crippen molar-refractivity contribution in [3.05, 3.63) is 47.5 Å². The number of likely N-dealkylation sites (N-methyl/N-ethyl adjacent to an activating group) is 1. The van der Waals surface area contributed by atoms with E-state index in [1.54, 1.807) is 33.2 Å². The summed E-state index contributed by atoms with van der Waals surface area (Å²) in [7, 11) is 6.79. The number of nitrogens with one attached hydrogen (secondary N) is 2. The average Bonchev–Trinajstić information content (AvgIpc) is 3.60. The van der Waals surface area contributed by atoms with Crippen molar-refractivity contribution in [2.45, 2.75) is 25.8 Å². The Morgan fingerprint density at radius 1 is 1.05 bits per heavy atom. The van der Waals surface area contributed by atoms with Gasteiger partial charge in [-0.2, -0.15) is 0 Å². The molecule has 2 aliphatic heterocycles. The van der Waals surface area contributed by atoms with Gasteiger partial charge in [0.05, 0.1) is 32.5 Å². The standard InChI is InChI=1S/C30H38N4O4/c1-17(2)27-21-11-19(7-9-23(21)32-28(27)18-8-10-24(37-5)25(12-18)38-6)30(36)29-22-14-31-13-20(22)15-34(29)16-26(35)33(3)4/h7-12,17,20,22,29,31-32H,13-16H2,1-6H3. The molecule has 3 heterocycles. The second-order valence-corrected chi connectivity index (χ2v) is 11.0. The van der Waals surface area contributed by atoms with Crippen LogP contribution in [0.4, 0.5) is 0 Å². The SMILES string of the molecule is COc1ccc(-c2[nH]c3ccc(C(=O)C4C5CNCC5CN4CC(=O)N(C)C)cc3c2C(C)C)cc1OC. The molecule has 0 radical (unpaired) electrons. The number of Topliss-reactive ketones (excluding diaryl/α,β-unsaturated/α-hetero) is 1. The number of ketones is 1. The molecular formula is C30H38N4O4. The van der Waals surface area contributed by atoms with Gasteiger partial charge in [0, 0.05) is 49.2 Å². The third kappa shape index (κ3) is 4.56. The summed E-state index contributed by atoms with van der Waals surface area (Å²) in [6.45, 7) is 7.07. The topological polar surface area (TPSA) is 86.9 Å². The maximum absolute atomic E-state index is 14.1. The highest BCUT2D eigenvalue weighted by Gasteiger charge is 2.48. The first-order valence-corrected chi connectivity index (χ1v) is 13.3. The molecule has 1 amide bonds. The second-order valence-electron chi connectivity index (χ2n) is 11.0. The highest BCUT2D eigenvalue weighted by atomic mass is 16.5. The normalized spacial score (nSPS) is 21.2. The summed E-state index contributed by atoms with van der Waals surface area (Å²) >= 11 is 0. The Hall–Kier alpha value is -3.36. The number of carbonyl (C=O) groups excluding carboxylic acids is 2. The fraction of sp³-hybridized carbons (Fsp3) is 0.467. The van der Waals surface area contributed by atoms with Gasteiger partial charge in [0.2, 0.25) is 5.91 Å². The number of rotatable bonds is 8. The van der Waals surface area contributed by atoms with E-state index in [2.05, 4.69) is 29.0 Å². The van der Waals surface area contributed by atoms with Gasteiger partial charge in [-0.3, -0.25) is 14.5 Å². The molecule has 3 unspecified atom stereocenters. The number of ether oxygens (including phenoxy) is 2. The predicted molar refractivity (Wildman–Crippen MR) is 149 cm³/mol. The van der Waals surface area contributed by atoms with Crippen LogP contribution in [0, 0.1) is 11.8 Å². The maximum Gasteiger partial charge on any atom is 0.236 e. The molecule has 1 aromatic heterocycles. The number of carbonyl (C=O) groups is 2. The molecule has 0 bridgehead atoms. The van der Waals surface area contributed by atoms with Crippen LogP contribution >= 0.6 is 0 Å². The summed E-state index contributed by atoms with van der Waals surface area (Å²) < 4.78 is 11.0. The van der Waals surface area contributed by atoms with Crippen molar-refractivity contribution in [2.24, 2.45) is 11.8 Å². The van der Waals surface area contributed by atoms with Gasteiger partial charge in [-0.25, -0.2) is 0 Å². The molecule has 2 fully saturated rings. The zero-order valence-electron chi connectivity index (χ0n) is 23.1. The van der Waals surface area contributed by atoms with E-state index in [0.717, 1.165) is 47.4 Å². The second kappa shape index (κ2) is 10.4. The summed E-state index contributed by atoms with van der Waals surface area (Å²) in [6.07, 6.45) is 0. The third-order valence-electron chi connectivity index (χ3n) is 8.14. The van der Waals surface area contributed by atoms with Crippen LogP contribution in [0.3, 0.4) is 0 Å². The van der Waals surface area contributed by atoms with E-state index in [9.17, 15) is 9.59 Å². The minimum absolute atomic E-state index is 0.0264. The number of likely N-dealkylation sites (tertiary alicyclic amines) is 1. The minimum Gasteiger partial charge on any atom is -0.493 e. The Balaban J connectivity index is 1.54. The number of fused-ring (bicyclic) bond motifs is 2. The van der Waals surface area contributed by atoms with Gasteiger partial charge in [0.15, 0.2) is 17.3 Å². The van der Waals surface area contributed by atoms with Gasteiger partial charge in [0.25, 0.3) is 0 Å². The summed E-state index contributed by atoms with van der Waals surface area (Å²) in [6, 6.07) is 11.6. The van der Waals surface area contributed by atoms with E-state index in [1.165, 1.54) is 0 Å². The number of hydrogen-bond acceptors (Lipinski definition) is 6. The van der Waals surface area contributed by atoms with E-state index in [-0.39, 0.29) is 36.1 Å². The van der Waals surface area contributed by atoms with Crippen molar-refractivity contribution < 1.29 is 19.1 Å². The molecule has 2 N–H and O–H groups in total. The maximum atomic E-state index is 14.1. The average molecular weight is 519 g/mol. The van der Waals surface area contributed by atoms with Gasteiger partial charge in [-0.15, -0.1) is 0 Å². The predicted octanol–water partition coefficient (Wildman–Crippen LogP) is 3.77. The van der Waals surface area contributed by atoms with Crippen LogP contribution in [0.15, 0.2) is 36.4 Å². The lowest BCUT2D eigenvalue weighted by atomic mass is 9.88. The van der Waals surface area contributed by atoms with Crippen molar-refractivity contribution in [3.63, 3.8) is 0 Å². The zero-order valence-corrected chi connectivity index (χ0v) is 23.1. The molecule has 202 valence electrons. The number of aromatic nitrogens is 1. The van der Waals surface area contributed by atoms with Crippen molar-refractivity contribution in [3.8, 4) is 22.8 Å². The summed E-state index contributed by atoms with van der Waals surface area (Å²) in [4.78, 5) is 33.9. The highest BCUT2D eigenvalue weighted by Crippen LogP contribution is 2.40. The highest BCUT2D eigenvalue weighted by molar-refractivity contribution is 6.05. The molecule has 0 spiro atoms. The largest absolute Gasteiger partial charge is 0.493 e. The van der Waals surface area contributed by atoms with Crippen LogP contribution in [0.2, 0.25) is 0 Å². The van der Waals surface area contributed by atoms with Crippen molar-refractivity contribution in [1.29, 1.82) is 0 Å². The first kappa shape index (κ1) is 26.3.